The fourth-order valence-corrected chi connectivity index (χ4v) is 4.74. The van der Waals surface area contributed by atoms with Gasteiger partial charge >= 0.3 is 11.9 Å². The zero-order chi connectivity index (χ0) is 26.3. The second-order valence-electron chi connectivity index (χ2n) is 7.94. The Kier molecular flexibility index (Phi) is 8.60. The lowest BCUT2D eigenvalue weighted by Crippen LogP contribution is -2.32. The standard InChI is InChI=1S/C27H26FNO6S/c1-18-13-15-20(16-14-18)36(32,33)29-24(21-11-7-8-12-23(21)28)17-22(19-9-5-4-6-10-19)25(26(30)34-2)27(31)35-3/h4-17,22,25,29H,1-3H3/b24-17+/t22-/m0/s1. The average Bonchev–Trinajstić information content (AvgIpc) is 2.88. The molecule has 9 heteroatoms. The van der Waals surface area contributed by atoms with E-state index in [1.54, 1.807) is 48.5 Å². The van der Waals surface area contributed by atoms with Gasteiger partial charge in [-0.2, -0.15) is 0 Å². The summed E-state index contributed by atoms with van der Waals surface area (Å²) in [4.78, 5) is 25.3. The molecule has 3 aromatic rings. The van der Waals surface area contributed by atoms with E-state index in [1.165, 1.54) is 36.4 Å². The topological polar surface area (TPSA) is 98.8 Å². The highest BCUT2D eigenvalue weighted by atomic mass is 32.2. The van der Waals surface area contributed by atoms with E-state index in [0.717, 1.165) is 19.8 Å². The van der Waals surface area contributed by atoms with Gasteiger partial charge in [0.1, 0.15) is 5.82 Å². The summed E-state index contributed by atoms with van der Waals surface area (Å²) in [6, 6.07) is 20.2. The lowest BCUT2D eigenvalue weighted by molar-refractivity contribution is -0.159. The van der Waals surface area contributed by atoms with Crippen LogP contribution in [0.1, 0.15) is 22.6 Å². The Labute approximate surface area is 209 Å². The van der Waals surface area contributed by atoms with Crippen LogP contribution in [0.5, 0.6) is 0 Å². The van der Waals surface area contributed by atoms with Gasteiger partial charge in [-0.3, -0.25) is 14.3 Å². The normalized spacial score (nSPS) is 12.6. The Morgan fingerprint density at radius 2 is 1.42 bits per heavy atom. The van der Waals surface area contributed by atoms with Crippen molar-refractivity contribution in [1.29, 1.82) is 0 Å². The summed E-state index contributed by atoms with van der Waals surface area (Å²) in [6.07, 6.45) is 1.33. The summed E-state index contributed by atoms with van der Waals surface area (Å²) in [5.41, 5.74) is 1.13. The number of sulfonamides is 1. The molecule has 0 aromatic heterocycles. The number of hydrogen-bond donors (Lipinski definition) is 1. The number of ether oxygens (including phenoxy) is 2. The number of methoxy groups -OCH3 is 2. The van der Waals surface area contributed by atoms with E-state index in [-0.39, 0.29) is 16.2 Å². The van der Waals surface area contributed by atoms with Crippen molar-refractivity contribution >= 4 is 27.7 Å². The number of esters is 2. The van der Waals surface area contributed by atoms with E-state index >= 15 is 0 Å². The van der Waals surface area contributed by atoms with Crippen LogP contribution in [0.15, 0.2) is 89.8 Å². The van der Waals surface area contributed by atoms with E-state index in [1.807, 2.05) is 6.92 Å². The van der Waals surface area contributed by atoms with Crippen molar-refractivity contribution in [3.8, 4) is 0 Å². The Hall–Kier alpha value is -3.98. The van der Waals surface area contributed by atoms with E-state index in [0.29, 0.717) is 5.56 Å². The highest BCUT2D eigenvalue weighted by Crippen LogP contribution is 2.32. The van der Waals surface area contributed by atoms with E-state index < -0.39 is 39.6 Å². The van der Waals surface area contributed by atoms with E-state index in [4.69, 9.17) is 9.47 Å². The van der Waals surface area contributed by atoms with Crippen molar-refractivity contribution in [2.75, 3.05) is 14.2 Å². The zero-order valence-electron chi connectivity index (χ0n) is 20.0. The van der Waals surface area contributed by atoms with Crippen LogP contribution in [0.2, 0.25) is 0 Å². The predicted molar refractivity (Wildman–Crippen MR) is 133 cm³/mol. The summed E-state index contributed by atoms with van der Waals surface area (Å²) < 4.78 is 53.6. The Morgan fingerprint density at radius 3 is 1.97 bits per heavy atom. The third kappa shape index (κ3) is 6.17. The molecule has 1 atom stereocenters. The Balaban J connectivity index is 2.24. The quantitative estimate of drug-likeness (QED) is 0.342. The summed E-state index contributed by atoms with van der Waals surface area (Å²) in [5.74, 6) is -5.01. The minimum Gasteiger partial charge on any atom is -0.468 e. The SMILES string of the molecule is COC(=O)C(C(=O)OC)[C@@H](/C=C(/NS(=O)(=O)c1ccc(C)cc1)c1ccccc1F)c1ccccc1. The third-order valence-electron chi connectivity index (χ3n) is 5.54. The van der Waals surface area contributed by atoms with Gasteiger partial charge in [-0.25, -0.2) is 12.8 Å². The minimum absolute atomic E-state index is 0.0379. The van der Waals surface area contributed by atoms with Crippen LogP contribution in [0.25, 0.3) is 5.70 Å². The zero-order valence-corrected chi connectivity index (χ0v) is 20.8. The second kappa shape index (κ2) is 11.6. The third-order valence-corrected chi connectivity index (χ3v) is 6.92. The van der Waals surface area contributed by atoms with Crippen molar-refractivity contribution in [2.45, 2.75) is 17.7 Å². The Bertz CT molecular complexity index is 1340. The van der Waals surface area contributed by atoms with Crippen molar-refractivity contribution in [3.05, 3.63) is 107 Å². The molecule has 1 N–H and O–H groups in total. The number of benzene rings is 3. The van der Waals surface area contributed by atoms with Crippen molar-refractivity contribution in [1.82, 2.24) is 4.72 Å². The molecular formula is C27H26FNO6S. The molecule has 0 amide bonds. The lowest BCUT2D eigenvalue weighted by atomic mass is 9.84. The Morgan fingerprint density at radius 1 is 0.861 bits per heavy atom. The molecule has 36 heavy (non-hydrogen) atoms. The van der Waals surface area contributed by atoms with Gasteiger partial charge in [0.15, 0.2) is 5.92 Å². The molecule has 188 valence electrons. The van der Waals surface area contributed by atoms with Gasteiger partial charge in [-0.15, -0.1) is 0 Å². The van der Waals surface area contributed by atoms with Crippen molar-refractivity contribution in [2.24, 2.45) is 5.92 Å². The molecule has 0 unspecified atom stereocenters. The fourth-order valence-electron chi connectivity index (χ4n) is 3.66. The molecule has 0 fully saturated rings. The number of carbonyl (C=O) groups is 2. The number of rotatable bonds is 9. The van der Waals surface area contributed by atoms with Crippen LogP contribution < -0.4 is 4.72 Å². The maximum absolute atomic E-state index is 14.9. The molecule has 0 saturated heterocycles. The van der Waals surface area contributed by atoms with Gasteiger partial charge in [-0.1, -0.05) is 66.2 Å². The first-order valence-corrected chi connectivity index (χ1v) is 12.4. The van der Waals surface area contributed by atoms with Gasteiger partial charge in [-0.05, 0) is 36.8 Å². The van der Waals surface area contributed by atoms with Gasteiger partial charge in [0.2, 0.25) is 0 Å². The number of aryl methyl sites for hydroxylation is 1. The highest BCUT2D eigenvalue weighted by Gasteiger charge is 2.37. The van der Waals surface area contributed by atoms with Crippen LogP contribution in [-0.4, -0.2) is 34.6 Å². The molecule has 7 nitrogen and oxygen atoms in total. The molecule has 0 aliphatic rings. The molecule has 0 spiro atoms. The molecular weight excluding hydrogens is 485 g/mol. The maximum atomic E-state index is 14.9. The predicted octanol–water partition coefficient (Wildman–Crippen LogP) is 4.20. The average molecular weight is 512 g/mol. The van der Waals surface area contributed by atoms with Crippen LogP contribution in [0.3, 0.4) is 0 Å². The monoisotopic (exact) mass is 511 g/mol. The van der Waals surface area contributed by atoms with Crippen molar-refractivity contribution in [3.63, 3.8) is 0 Å². The summed E-state index contributed by atoms with van der Waals surface area (Å²) in [5, 5.41) is 0. The largest absolute Gasteiger partial charge is 0.468 e. The second-order valence-corrected chi connectivity index (χ2v) is 9.62. The lowest BCUT2D eigenvalue weighted by Gasteiger charge is -2.23. The number of halogens is 1. The molecule has 3 rings (SSSR count). The number of allylic oxidation sites excluding steroid dienone is 1. The van der Waals surface area contributed by atoms with E-state index in [2.05, 4.69) is 4.72 Å². The van der Waals surface area contributed by atoms with Crippen LogP contribution >= 0.6 is 0 Å². The number of hydrogen-bond acceptors (Lipinski definition) is 6. The van der Waals surface area contributed by atoms with Crippen molar-refractivity contribution < 1.29 is 31.9 Å². The number of nitrogens with one attached hydrogen (secondary N) is 1. The molecule has 0 aliphatic carbocycles. The van der Waals surface area contributed by atoms with Gasteiger partial charge < -0.3 is 9.47 Å². The van der Waals surface area contributed by atoms with Gasteiger partial charge in [0, 0.05) is 11.5 Å². The summed E-state index contributed by atoms with van der Waals surface area (Å²) >= 11 is 0. The van der Waals surface area contributed by atoms with Crippen LogP contribution in [-0.2, 0) is 29.1 Å². The fraction of sp³-hybridized carbons (Fsp3) is 0.185. The molecule has 0 radical (unpaired) electrons. The van der Waals surface area contributed by atoms with Gasteiger partial charge in [0.25, 0.3) is 10.0 Å². The molecule has 3 aromatic carbocycles. The molecule has 0 aliphatic heterocycles. The molecule has 0 bridgehead atoms. The van der Waals surface area contributed by atoms with Gasteiger partial charge in [0.05, 0.1) is 24.8 Å². The highest BCUT2D eigenvalue weighted by molar-refractivity contribution is 7.89. The van der Waals surface area contributed by atoms with Crippen LogP contribution in [0.4, 0.5) is 4.39 Å². The molecule has 0 saturated carbocycles. The summed E-state index contributed by atoms with van der Waals surface area (Å²) in [7, 11) is -1.91. The first-order chi connectivity index (χ1) is 17.2. The van der Waals surface area contributed by atoms with E-state index in [9.17, 15) is 22.4 Å². The smallest absolute Gasteiger partial charge is 0.321 e. The maximum Gasteiger partial charge on any atom is 0.321 e. The minimum atomic E-state index is -4.16. The first kappa shape index (κ1) is 26.6. The summed E-state index contributed by atoms with van der Waals surface area (Å²) in [6.45, 7) is 1.82. The van der Waals surface area contributed by atoms with Crippen LogP contribution in [0, 0.1) is 18.7 Å². The first-order valence-electron chi connectivity index (χ1n) is 10.9. The molecule has 0 heterocycles. The number of carbonyl (C=O) groups excluding carboxylic acids is 2.